The molecule has 6 nitrogen and oxygen atoms in total. The quantitative estimate of drug-likeness (QED) is 0.183. The molecule has 14 rings (SSSR count). The standard InChI is InChI=1S/C50H26N4O2/c1-2-11-29(12-3-1)53-35-17-6-4-13-30(35)31-22-20-28(26-38(31)53)47-49-48(34-14-5-7-18-39(34)56-49)52-50(51-47)54-36-23-21-27-10-8-15-32-33-16-9-19-40-43(33)46-41(55-40)25-24-37(54)45(46)44(36)42(27)32/h1-26H. The number of para-hydroxylation sites is 3. The van der Waals surface area contributed by atoms with Crippen molar-refractivity contribution in [2.45, 2.75) is 0 Å². The maximum atomic E-state index is 6.68. The van der Waals surface area contributed by atoms with Crippen LogP contribution >= 0.6 is 0 Å². The van der Waals surface area contributed by atoms with Crippen LogP contribution in [-0.2, 0) is 0 Å². The first kappa shape index (κ1) is 28.8. The van der Waals surface area contributed by atoms with E-state index in [9.17, 15) is 0 Å². The molecule has 13 aromatic rings. The van der Waals surface area contributed by atoms with E-state index in [1.165, 1.54) is 38.1 Å². The Balaban J connectivity index is 1.13. The number of rotatable bonds is 3. The third kappa shape index (κ3) is 3.48. The van der Waals surface area contributed by atoms with Crippen molar-refractivity contribution in [3.63, 3.8) is 0 Å². The summed E-state index contributed by atoms with van der Waals surface area (Å²) in [6, 6.07) is 55.7. The van der Waals surface area contributed by atoms with E-state index in [0.717, 1.165) is 82.8 Å². The van der Waals surface area contributed by atoms with Crippen LogP contribution in [0.4, 0.5) is 0 Å². The molecule has 1 aliphatic rings. The summed E-state index contributed by atoms with van der Waals surface area (Å²) in [5.74, 6) is 0.590. The molecule has 0 amide bonds. The number of benzene rings is 8. The number of aromatic nitrogens is 4. The molecule has 0 atom stereocenters. The van der Waals surface area contributed by atoms with Crippen LogP contribution in [0.5, 0.6) is 0 Å². The van der Waals surface area contributed by atoms with Crippen molar-refractivity contribution in [2.75, 3.05) is 0 Å². The Kier molecular flexibility index (Phi) is 5.18. The molecule has 8 aromatic carbocycles. The van der Waals surface area contributed by atoms with Gasteiger partial charge in [-0.05, 0) is 82.6 Å². The second kappa shape index (κ2) is 10.1. The number of hydrogen-bond donors (Lipinski definition) is 0. The topological polar surface area (TPSA) is 61.9 Å². The fraction of sp³-hybridized carbons (Fsp3) is 0. The van der Waals surface area contributed by atoms with Crippen LogP contribution in [0.25, 0.3) is 132 Å². The van der Waals surface area contributed by atoms with Gasteiger partial charge in [0.1, 0.15) is 28.0 Å². The van der Waals surface area contributed by atoms with Crippen LogP contribution in [0, 0.1) is 0 Å². The summed E-state index contributed by atoms with van der Waals surface area (Å²) in [5.41, 5.74) is 13.5. The SMILES string of the molecule is c1ccc(-n2c3ccccc3c3ccc(-c4nc(-n5c6ccc7cccc8c7c6c6c7c(ccc65)oc5cccc-8c57)nc5c4oc4ccccc45)cc32)cc1. The van der Waals surface area contributed by atoms with Crippen LogP contribution < -0.4 is 0 Å². The molecule has 0 fully saturated rings. The Bertz CT molecular complexity index is 3880. The van der Waals surface area contributed by atoms with Crippen molar-refractivity contribution in [3.05, 3.63) is 158 Å². The number of fused-ring (bicyclic) bond motifs is 7. The zero-order chi connectivity index (χ0) is 36.2. The summed E-state index contributed by atoms with van der Waals surface area (Å²) in [6.45, 7) is 0. The van der Waals surface area contributed by atoms with Crippen LogP contribution in [-0.4, -0.2) is 19.1 Å². The van der Waals surface area contributed by atoms with Gasteiger partial charge in [0.15, 0.2) is 5.58 Å². The van der Waals surface area contributed by atoms with Gasteiger partial charge in [0.25, 0.3) is 0 Å². The highest BCUT2D eigenvalue weighted by Gasteiger charge is 2.28. The minimum atomic E-state index is 0.590. The molecule has 6 heteroatoms. The van der Waals surface area contributed by atoms with Crippen LogP contribution in [0.3, 0.4) is 0 Å². The molecule has 0 saturated heterocycles. The van der Waals surface area contributed by atoms with Gasteiger partial charge in [-0.1, -0.05) is 97.1 Å². The summed E-state index contributed by atoms with van der Waals surface area (Å²) in [4.78, 5) is 10.9. The second-order valence-corrected chi connectivity index (χ2v) is 14.9. The summed E-state index contributed by atoms with van der Waals surface area (Å²) < 4.78 is 17.8. The Hall–Kier alpha value is -7.70. The van der Waals surface area contributed by atoms with E-state index in [-0.39, 0.29) is 0 Å². The number of furan rings is 2. The lowest BCUT2D eigenvalue weighted by Gasteiger charge is -2.12. The average Bonchev–Trinajstić information content (AvgIpc) is 3.98. The van der Waals surface area contributed by atoms with Gasteiger partial charge >= 0.3 is 0 Å². The second-order valence-electron chi connectivity index (χ2n) is 14.9. The highest BCUT2D eigenvalue weighted by atomic mass is 16.3. The van der Waals surface area contributed by atoms with Gasteiger partial charge in [-0.3, -0.25) is 4.57 Å². The fourth-order valence-electron chi connectivity index (χ4n) is 9.79. The lowest BCUT2D eigenvalue weighted by Crippen LogP contribution is -2.03. The van der Waals surface area contributed by atoms with Crippen molar-refractivity contribution in [3.8, 4) is 34.0 Å². The first-order valence-corrected chi connectivity index (χ1v) is 18.9. The third-order valence-corrected chi connectivity index (χ3v) is 12.1. The van der Waals surface area contributed by atoms with Crippen LogP contribution in [0.15, 0.2) is 167 Å². The van der Waals surface area contributed by atoms with Gasteiger partial charge < -0.3 is 13.4 Å². The molecule has 0 bridgehead atoms. The smallest absolute Gasteiger partial charge is 0.236 e. The maximum absolute atomic E-state index is 6.68. The lowest BCUT2D eigenvalue weighted by atomic mass is 9.95. The summed E-state index contributed by atoms with van der Waals surface area (Å²) >= 11 is 0. The van der Waals surface area contributed by atoms with E-state index >= 15 is 0 Å². The minimum absolute atomic E-state index is 0.590. The maximum Gasteiger partial charge on any atom is 0.236 e. The lowest BCUT2D eigenvalue weighted by molar-refractivity contribution is 0.666. The van der Waals surface area contributed by atoms with E-state index in [4.69, 9.17) is 18.8 Å². The molecule has 1 aliphatic carbocycles. The predicted octanol–water partition coefficient (Wildman–Crippen LogP) is 13.3. The number of hydrogen-bond acceptors (Lipinski definition) is 4. The normalized spacial score (nSPS) is 12.6. The van der Waals surface area contributed by atoms with Crippen molar-refractivity contribution < 1.29 is 8.83 Å². The molecule has 5 aromatic heterocycles. The highest BCUT2D eigenvalue weighted by Crippen LogP contribution is 2.51. The third-order valence-electron chi connectivity index (χ3n) is 12.1. The van der Waals surface area contributed by atoms with Gasteiger partial charge in [0, 0.05) is 49.0 Å². The fourth-order valence-corrected chi connectivity index (χ4v) is 9.79. The molecular weight excluding hydrogens is 689 g/mol. The first-order chi connectivity index (χ1) is 27.8. The first-order valence-electron chi connectivity index (χ1n) is 18.9. The van der Waals surface area contributed by atoms with Gasteiger partial charge in [-0.2, -0.15) is 0 Å². The highest BCUT2D eigenvalue weighted by molar-refractivity contribution is 6.38. The van der Waals surface area contributed by atoms with E-state index in [1.807, 2.05) is 18.2 Å². The van der Waals surface area contributed by atoms with Crippen molar-refractivity contribution >= 4 is 98.4 Å². The Morgan fingerprint density at radius 2 is 1.12 bits per heavy atom. The molecule has 0 spiro atoms. The predicted molar refractivity (Wildman–Crippen MR) is 227 cm³/mol. The zero-order valence-corrected chi connectivity index (χ0v) is 29.6. The molecule has 0 N–H and O–H groups in total. The minimum Gasteiger partial charge on any atom is -0.456 e. The van der Waals surface area contributed by atoms with E-state index in [2.05, 4.69) is 149 Å². The molecule has 0 aliphatic heterocycles. The van der Waals surface area contributed by atoms with E-state index < -0.39 is 0 Å². The van der Waals surface area contributed by atoms with Gasteiger partial charge in [-0.15, -0.1) is 0 Å². The van der Waals surface area contributed by atoms with Crippen LogP contribution in [0.1, 0.15) is 0 Å². The van der Waals surface area contributed by atoms with Gasteiger partial charge in [0.05, 0.1) is 22.1 Å². The van der Waals surface area contributed by atoms with Crippen molar-refractivity contribution in [1.29, 1.82) is 0 Å². The largest absolute Gasteiger partial charge is 0.456 e. The van der Waals surface area contributed by atoms with E-state index in [0.29, 0.717) is 11.5 Å². The number of nitrogens with zero attached hydrogens (tertiary/aromatic N) is 4. The van der Waals surface area contributed by atoms with Crippen LogP contribution in [0.2, 0.25) is 0 Å². The Morgan fingerprint density at radius 3 is 2.04 bits per heavy atom. The molecule has 258 valence electrons. The van der Waals surface area contributed by atoms with E-state index in [1.54, 1.807) is 0 Å². The molecule has 0 unspecified atom stereocenters. The van der Waals surface area contributed by atoms with Gasteiger partial charge in [0.2, 0.25) is 5.95 Å². The van der Waals surface area contributed by atoms with Crippen molar-refractivity contribution in [1.82, 2.24) is 19.1 Å². The Labute approximate surface area is 317 Å². The molecule has 5 heterocycles. The molecule has 0 saturated carbocycles. The van der Waals surface area contributed by atoms with Gasteiger partial charge in [-0.25, -0.2) is 9.97 Å². The summed E-state index contributed by atoms with van der Waals surface area (Å²) in [6.07, 6.45) is 0. The zero-order valence-electron chi connectivity index (χ0n) is 29.6. The molecule has 0 radical (unpaired) electrons. The Morgan fingerprint density at radius 1 is 0.411 bits per heavy atom. The average molecular weight is 715 g/mol. The molecule has 56 heavy (non-hydrogen) atoms. The summed E-state index contributed by atoms with van der Waals surface area (Å²) in [5, 5.41) is 10.4. The summed E-state index contributed by atoms with van der Waals surface area (Å²) in [7, 11) is 0. The van der Waals surface area contributed by atoms with Crippen molar-refractivity contribution in [2.24, 2.45) is 0 Å². The molecular formula is C50H26N4O2. The monoisotopic (exact) mass is 714 g/mol.